The molecule has 0 N–H and O–H groups in total. The van der Waals surface area contributed by atoms with Crippen LogP contribution in [0.25, 0.3) is 0 Å². The Balaban J connectivity index is 2.43. The molecule has 0 spiro atoms. The number of carbonyl (C=O) groups excluding carboxylic acids is 2. The van der Waals surface area contributed by atoms with Crippen molar-refractivity contribution < 1.29 is 14.3 Å². The predicted molar refractivity (Wildman–Crippen MR) is 113 cm³/mol. The van der Waals surface area contributed by atoms with Crippen LogP contribution in [0.5, 0.6) is 0 Å². The molecule has 0 radical (unpaired) electrons. The Morgan fingerprint density at radius 2 is 1.85 bits per heavy atom. The van der Waals surface area contributed by atoms with Gasteiger partial charge < -0.3 is 4.74 Å². The van der Waals surface area contributed by atoms with Gasteiger partial charge in [-0.05, 0) is 57.4 Å². The maximum Gasteiger partial charge on any atom is 0.306 e. The van der Waals surface area contributed by atoms with Crippen LogP contribution in [0, 0.1) is 5.92 Å². The van der Waals surface area contributed by atoms with Gasteiger partial charge in [-0.15, -0.1) is 0 Å². The van der Waals surface area contributed by atoms with Crippen LogP contribution in [-0.4, -0.2) is 17.9 Å². The van der Waals surface area contributed by atoms with E-state index in [2.05, 4.69) is 38.2 Å². The minimum Gasteiger partial charge on any atom is -0.463 e. The summed E-state index contributed by atoms with van der Waals surface area (Å²) >= 11 is 0. The van der Waals surface area contributed by atoms with Gasteiger partial charge in [0, 0.05) is 18.4 Å². The summed E-state index contributed by atoms with van der Waals surface area (Å²) in [7, 11) is 0. The summed E-state index contributed by atoms with van der Waals surface area (Å²) in [4.78, 5) is 23.8. The van der Waals surface area contributed by atoms with E-state index in [4.69, 9.17) is 4.74 Å². The van der Waals surface area contributed by atoms with Crippen LogP contribution in [-0.2, 0) is 14.3 Å². The smallest absolute Gasteiger partial charge is 0.306 e. The molecule has 0 fully saturated rings. The first-order valence-electron chi connectivity index (χ1n) is 10.7. The normalized spacial score (nSPS) is 17.8. The van der Waals surface area contributed by atoms with E-state index in [1.807, 2.05) is 13.8 Å². The molecule has 1 aliphatic carbocycles. The van der Waals surface area contributed by atoms with Gasteiger partial charge in [-0.25, -0.2) is 0 Å². The van der Waals surface area contributed by atoms with Crippen LogP contribution in [0.1, 0.15) is 91.9 Å². The van der Waals surface area contributed by atoms with Crippen LogP contribution >= 0.6 is 0 Å². The Bertz CT molecular complexity index is 552. The number of hydrogen-bond acceptors (Lipinski definition) is 3. The zero-order valence-electron chi connectivity index (χ0n) is 17.8. The highest BCUT2D eigenvalue weighted by Gasteiger charge is 2.26. The Kier molecular flexibility index (Phi) is 11.7. The zero-order valence-corrected chi connectivity index (χ0v) is 17.8. The second-order valence-electron chi connectivity index (χ2n) is 7.82. The third-order valence-electron chi connectivity index (χ3n) is 4.84. The molecule has 0 unspecified atom stereocenters. The molecule has 1 rings (SSSR count). The molecule has 0 aromatic carbocycles. The number of Topliss-reactive ketones (excluding diaryl/α,β-unsaturated/α-hetero) is 1. The van der Waals surface area contributed by atoms with Crippen LogP contribution in [0.15, 0.2) is 35.5 Å². The number of unbranched alkanes of at least 4 members (excludes halogenated alkanes) is 5. The quantitative estimate of drug-likeness (QED) is 0.210. The van der Waals surface area contributed by atoms with Crippen molar-refractivity contribution in [1.29, 1.82) is 0 Å². The van der Waals surface area contributed by atoms with Crippen LogP contribution in [0.4, 0.5) is 0 Å². The summed E-state index contributed by atoms with van der Waals surface area (Å²) in [5.74, 6) is 0.490. The Labute approximate surface area is 165 Å². The first-order chi connectivity index (χ1) is 13.0. The molecule has 1 atom stereocenters. The second kappa shape index (κ2) is 13.5. The topological polar surface area (TPSA) is 43.4 Å². The lowest BCUT2D eigenvalue weighted by Gasteiger charge is -2.06. The number of esters is 1. The minimum absolute atomic E-state index is 0.0477. The average Bonchev–Trinajstić information content (AvgIpc) is 2.86. The largest absolute Gasteiger partial charge is 0.463 e. The van der Waals surface area contributed by atoms with E-state index in [0.29, 0.717) is 31.0 Å². The molecule has 3 heteroatoms. The molecule has 27 heavy (non-hydrogen) atoms. The molecule has 0 bridgehead atoms. The Morgan fingerprint density at radius 1 is 1.11 bits per heavy atom. The molecule has 3 nitrogen and oxygen atoms in total. The molecule has 0 heterocycles. The number of hydrogen-bond donors (Lipinski definition) is 0. The monoisotopic (exact) mass is 374 g/mol. The van der Waals surface area contributed by atoms with Crippen molar-refractivity contribution in [3.63, 3.8) is 0 Å². The van der Waals surface area contributed by atoms with Crippen molar-refractivity contribution in [1.82, 2.24) is 0 Å². The first kappa shape index (κ1) is 23.4. The van der Waals surface area contributed by atoms with E-state index in [-0.39, 0.29) is 12.1 Å². The number of rotatable bonds is 13. The first-order valence-corrected chi connectivity index (χ1v) is 10.7. The van der Waals surface area contributed by atoms with Crippen molar-refractivity contribution in [2.75, 3.05) is 0 Å². The molecule has 1 aliphatic rings. The minimum atomic E-state index is -0.132. The lowest BCUT2D eigenvalue weighted by molar-refractivity contribution is -0.147. The van der Waals surface area contributed by atoms with Gasteiger partial charge in [0.15, 0.2) is 5.78 Å². The zero-order chi connectivity index (χ0) is 20.1. The van der Waals surface area contributed by atoms with Crippen LogP contribution in [0.2, 0.25) is 0 Å². The van der Waals surface area contributed by atoms with Crippen molar-refractivity contribution in [3.05, 3.63) is 35.5 Å². The molecule has 0 aromatic rings. The highest BCUT2D eigenvalue weighted by molar-refractivity contribution is 6.00. The van der Waals surface area contributed by atoms with Gasteiger partial charge in [-0.2, -0.15) is 0 Å². The SMILES string of the molecule is CCCCCC/C=C/C1=C(C/C=C\CCCC(=O)OC(C)C)C(=O)C[C@H]1C. The van der Waals surface area contributed by atoms with Gasteiger partial charge >= 0.3 is 5.97 Å². The summed E-state index contributed by atoms with van der Waals surface area (Å²) < 4.78 is 5.12. The molecule has 0 aromatic heterocycles. The van der Waals surface area contributed by atoms with E-state index >= 15 is 0 Å². The molecule has 0 amide bonds. The maximum atomic E-state index is 12.3. The molecule has 152 valence electrons. The fraction of sp³-hybridized carbons (Fsp3) is 0.667. The van der Waals surface area contributed by atoms with Crippen molar-refractivity contribution in [3.8, 4) is 0 Å². The molecule has 0 saturated carbocycles. The predicted octanol–water partition coefficient (Wildman–Crippen LogP) is 6.49. The van der Waals surface area contributed by atoms with E-state index in [1.165, 1.54) is 31.3 Å². The lowest BCUT2D eigenvalue weighted by Crippen LogP contribution is -2.10. The number of ketones is 1. The van der Waals surface area contributed by atoms with Gasteiger partial charge in [0.25, 0.3) is 0 Å². The number of ether oxygens (including phenoxy) is 1. The lowest BCUT2D eigenvalue weighted by atomic mass is 10.0. The Hall–Kier alpha value is -1.64. The van der Waals surface area contributed by atoms with Crippen molar-refractivity contribution >= 4 is 11.8 Å². The van der Waals surface area contributed by atoms with Gasteiger partial charge in [0.1, 0.15) is 0 Å². The van der Waals surface area contributed by atoms with Crippen molar-refractivity contribution in [2.24, 2.45) is 5.92 Å². The summed E-state index contributed by atoms with van der Waals surface area (Å²) in [5, 5.41) is 0. The maximum absolute atomic E-state index is 12.3. The fourth-order valence-electron chi connectivity index (χ4n) is 3.37. The molecule has 0 saturated heterocycles. The van der Waals surface area contributed by atoms with E-state index < -0.39 is 0 Å². The van der Waals surface area contributed by atoms with Gasteiger partial charge in [-0.3, -0.25) is 9.59 Å². The average molecular weight is 375 g/mol. The summed E-state index contributed by atoms with van der Waals surface area (Å²) in [6, 6.07) is 0. The van der Waals surface area contributed by atoms with E-state index in [9.17, 15) is 9.59 Å². The highest BCUT2D eigenvalue weighted by atomic mass is 16.5. The third-order valence-corrected chi connectivity index (χ3v) is 4.84. The summed E-state index contributed by atoms with van der Waals surface area (Å²) in [6.07, 6.45) is 18.1. The van der Waals surface area contributed by atoms with E-state index in [0.717, 1.165) is 24.8 Å². The summed E-state index contributed by atoms with van der Waals surface area (Å²) in [6.45, 7) is 8.10. The van der Waals surface area contributed by atoms with Crippen LogP contribution < -0.4 is 0 Å². The van der Waals surface area contributed by atoms with Gasteiger partial charge in [-0.1, -0.05) is 57.4 Å². The summed E-state index contributed by atoms with van der Waals surface area (Å²) in [5.41, 5.74) is 2.20. The third kappa shape index (κ3) is 9.74. The van der Waals surface area contributed by atoms with E-state index in [1.54, 1.807) is 0 Å². The number of carbonyl (C=O) groups is 2. The molecular weight excluding hydrogens is 336 g/mol. The standard InChI is InChI=1S/C24H38O3/c1-5-6-7-8-9-12-15-21-20(4)18-23(25)22(21)16-13-10-11-14-17-24(26)27-19(2)3/h10,12-13,15,19-20H,5-9,11,14,16-18H2,1-4H3/b13-10-,15-12+/t20-/m1/s1. The highest BCUT2D eigenvalue weighted by Crippen LogP contribution is 2.32. The number of allylic oxidation sites excluding steroid dienone is 6. The molecular formula is C24H38O3. The van der Waals surface area contributed by atoms with Gasteiger partial charge in [0.2, 0.25) is 0 Å². The Morgan fingerprint density at radius 3 is 2.56 bits per heavy atom. The second-order valence-corrected chi connectivity index (χ2v) is 7.82. The van der Waals surface area contributed by atoms with Crippen molar-refractivity contribution in [2.45, 2.75) is 98.0 Å². The van der Waals surface area contributed by atoms with Crippen LogP contribution in [0.3, 0.4) is 0 Å². The molecule has 0 aliphatic heterocycles. The van der Waals surface area contributed by atoms with Gasteiger partial charge in [0.05, 0.1) is 6.10 Å². The fourth-order valence-corrected chi connectivity index (χ4v) is 3.37.